The van der Waals surface area contributed by atoms with Gasteiger partial charge in [0.1, 0.15) is 5.75 Å². The molecule has 4 atom stereocenters. The Morgan fingerprint density at radius 3 is 2.44 bits per heavy atom. The van der Waals surface area contributed by atoms with Crippen LogP contribution in [-0.2, 0) is 15.0 Å². The molecule has 1 heterocycles. The van der Waals surface area contributed by atoms with Crippen LogP contribution in [-0.4, -0.2) is 24.6 Å². The average Bonchev–Trinajstić information content (AvgIpc) is 3.20. The first-order chi connectivity index (χ1) is 19.0. The largest absolute Gasteiger partial charge is 0.494 e. The summed E-state index contributed by atoms with van der Waals surface area (Å²) in [6.45, 7) is 2.46. The van der Waals surface area contributed by atoms with E-state index in [0.29, 0.717) is 28.8 Å². The Morgan fingerprint density at radius 2 is 1.69 bits per heavy atom. The number of ether oxygens (including phenoxy) is 1. The number of carbonyl (C=O) groups excluding carboxylic acids is 2. The lowest BCUT2D eigenvalue weighted by Crippen LogP contribution is -2.51. The van der Waals surface area contributed by atoms with Crippen molar-refractivity contribution in [3.8, 4) is 5.75 Å². The van der Waals surface area contributed by atoms with E-state index in [1.54, 1.807) is 36.4 Å². The number of hydrogen-bond acceptors (Lipinski definition) is 4. The van der Waals surface area contributed by atoms with Crippen LogP contribution < -0.4 is 9.64 Å². The summed E-state index contributed by atoms with van der Waals surface area (Å²) >= 11 is 6.26. The van der Waals surface area contributed by atoms with Gasteiger partial charge in [-0.25, -0.2) is 4.90 Å². The molecule has 4 aromatic rings. The molecular weight excluding hydrogens is 508 g/mol. The van der Waals surface area contributed by atoms with Gasteiger partial charge in [0, 0.05) is 17.2 Å². The van der Waals surface area contributed by atoms with Gasteiger partial charge in [-0.2, -0.15) is 0 Å². The molecule has 5 nitrogen and oxygen atoms in total. The van der Waals surface area contributed by atoms with Crippen molar-refractivity contribution in [2.75, 3.05) is 11.5 Å². The Kier molecular flexibility index (Phi) is 5.46. The minimum Gasteiger partial charge on any atom is -0.494 e. The maximum atomic E-state index is 14.5. The number of benzene rings is 4. The highest BCUT2D eigenvalue weighted by Crippen LogP contribution is 2.60. The summed E-state index contributed by atoms with van der Waals surface area (Å²) in [5.74, 6) is -1.16. The van der Waals surface area contributed by atoms with E-state index < -0.39 is 17.3 Å². The summed E-state index contributed by atoms with van der Waals surface area (Å²) in [4.78, 5) is 35.1. The molecule has 1 aliphatic heterocycles. The average molecular weight is 533 g/mol. The van der Waals surface area contributed by atoms with Crippen LogP contribution in [0.15, 0.2) is 102 Å². The van der Waals surface area contributed by atoms with Crippen LogP contribution in [0.2, 0.25) is 5.02 Å². The van der Waals surface area contributed by atoms with Gasteiger partial charge in [0.2, 0.25) is 11.8 Å². The quantitative estimate of drug-likeness (QED) is 0.212. The molecule has 0 radical (unpaired) electrons. The minimum absolute atomic E-state index is 0.184. The molecule has 10 rings (SSSR count). The van der Waals surface area contributed by atoms with Crippen LogP contribution >= 0.6 is 11.6 Å². The molecule has 192 valence electrons. The molecule has 0 aromatic heterocycles. The summed E-state index contributed by atoms with van der Waals surface area (Å²) < 4.78 is 5.59. The lowest BCUT2D eigenvalue weighted by Gasteiger charge is -2.48. The van der Waals surface area contributed by atoms with E-state index in [-0.39, 0.29) is 17.7 Å². The van der Waals surface area contributed by atoms with E-state index in [0.717, 1.165) is 22.3 Å². The number of nitrogens with zero attached hydrogens (tertiary/aromatic N) is 2. The Bertz CT molecular complexity index is 1650. The second kappa shape index (κ2) is 8.92. The summed E-state index contributed by atoms with van der Waals surface area (Å²) in [5, 5.41) is 0.583. The number of rotatable bonds is 5. The Hall–Kier alpha value is -4.22. The van der Waals surface area contributed by atoms with Gasteiger partial charge < -0.3 is 4.74 Å². The molecule has 0 spiro atoms. The first-order valence-corrected chi connectivity index (χ1v) is 13.5. The second-order valence-electron chi connectivity index (χ2n) is 10.2. The number of hydrogen-bond donors (Lipinski definition) is 0. The van der Waals surface area contributed by atoms with Crippen molar-refractivity contribution in [1.29, 1.82) is 0 Å². The van der Waals surface area contributed by atoms with E-state index in [4.69, 9.17) is 21.3 Å². The fraction of sp³-hybridized carbons (Fsp3) is 0.182. The van der Waals surface area contributed by atoms with E-state index in [2.05, 4.69) is 36.4 Å². The van der Waals surface area contributed by atoms with E-state index in [9.17, 15) is 9.59 Å². The minimum atomic E-state index is -0.939. The number of aliphatic imine (C=N–C) groups is 1. The highest BCUT2D eigenvalue weighted by Gasteiger charge is 2.65. The molecule has 6 aliphatic rings. The molecular formula is C33H25ClN2O3. The summed E-state index contributed by atoms with van der Waals surface area (Å²) in [6, 6.07) is 31.0. The molecule has 1 fully saturated rings. The molecule has 2 amide bonds. The van der Waals surface area contributed by atoms with Crippen molar-refractivity contribution in [1.82, 2.24) is 0 Å². The second-order valence-corrected chi connectivity index (χ2v) is 10.7. The lowest BCUT2D eigenvalue weighted by molar-refractivity contribution is -0.122. The van der Waals surface area contributed by atoms with Gasteiger partial charge in [0.05, 0.1) is 35.2 Å². The van der Waals surface area contributed by atoms with E-state index in [1.165, 1.54) is 4.90 Å². The van der Waals surface area contributed by atoms with Crippen molar-refractivity contribution < 1.29 is 14.3 Å². The molecule has 4 bridgehead atoms. The predicted octanol–water partition coefficient (Wildman–Crippen LogP) is 6.69. The Morgan fingerprint density at radius 1 is 0.923 bits per heavy atom. The molecule has 6 heteroatoms. The monoisotopic (exact) mass is 532 g/mol. The zero-order valence-corrected chi connectivity index (χ0v) is 22.0. The van der Waals surface area contributed by atoms with Crippen LogP contribution in [0.3, 0.4) is 0 Å². The Balaban J connectivity index is 1.46. The van der Waals surface area contributed by atoms with Crippen molar-refractivity contribution in [3.05, 3.63) is 124 Å². The van der Waals surface area contributed by atoms with Crippen LogP contribution in [0.1, 0.15) is 35.1 Å². The Labute approximate surface area is 231 Å². The number of imide groups is 1. The molecule has 1 saturated heterocycles. The van der Waals surface area contributed by atoms with Crippen LogP contribution in [0, 0.1) is 11.8 Å². The van der Waals surface area contributed by atoms with Crippen molar-refractivity contribution >= 4 is 41.0 Å². The third-order valence-corrected chi connectivity index (χ3v) is 8.56. The maximum absolute atomic E-state index is 14.5. The number of carbonyl (C=O) groups is 2. The zero-order valence-electron chi connectivity index (χ0n) is 21.3. The van der Waals surface area contributed by atoms with Gasteiger partial charge in [-0.3, -0.25) is 14.6 Å². The molecule has 0 N–H and O–H groups in total. The third kappa shape index (κ3) is 3.43. The highest BCUT2D eigenvalue weighted by atomic mass is 35.5. The molecule has 39 heavy (non-hydrogen) atoms. The SMILES string of the molecule is CCOc1ccc(N2C(=O)[C@@H]3[C@H]4c5ccc(cc5)[C@@](C=Nc5cccc(Cl)c5)(c5ccccc54)[C@H]3C2=O)cc1. The van der Waals surface area contributed by atoms with Crippen molar-refractivity contribution in [2.24, 2.45) is 16.8 Å². The first kappa shape index (κ1) is 23.9. The summed E-state index contributed by atoms with van der Waals surface area (Å²) in [5.41, 5.74) is 4.35. The molecule has 4 aromatic carbocycles. The standard InChI is InChI=1S/C33H25ClN2O3/c1-2-39-25-16-14-24(15-17-25)36-31(37)29-28-20-10-12-21(13-11-20)33(30(29)32(36)38,27-9-4-3-8-26(27)28)19-35-23-7-5-6-22(34)18-23/h3-19,28-30H,2H2,1H3/t28-,29+,30+,33-/m0/s1. The summed E-state index contributed by atoms with van der Waals surface area (Å²) in [7, 11) is 0. The van der Waals surface area contributed by atoms with Gasteiger partial charge in [0.25, 0.3) is 0 Å². The van der Waals surface area contributed by atoms with Crippen LogP contribution in [0.4, 0.5) is 11.4 Å². The third-order valence-electron chi connectivity index (χ3n) is 8.32. The molecule has 0 unspecified atom stereocenters. The van der Waals surface area contributed by atoms with Gasteiger partial charge >= 0.3 is 0 Å². The van der Waals surface area contributed by atoms with Gasteiger partial charge in [-0.1, -0.05) is 66.2 Å². The highest BCUT2D eigenvalue weighted by molar-refractivity contribution is 6.30. The fourth-order valence-electron chi connectivity index (χ4n) is 6.77. The fourth-order valence-corrected chi connectivity index (χ4v) is 6.95. The zero-order chi connectivity index (χ0) is 26.7. The number of anilines is 1. The van der Waals surface area contributed by atoms with Crippen molar-refractivity contribution in [3.63, 3.8) is 0 Å². The number of amides is 2. The normalized spacial score (nSPS) is 24.6. The maximum Gasteiger partial charge on any atom is 0.239 e. The van der Waals surface area contributed by atoms with Gasteiger partial charge in [0.15, 0.2) is 0 Å². The van der Waals surface area contributed by atoms with Crippen LogP contribution in [0.5, 0.6) is 5.75 Å². The molecule has 5 aliphatic carbocycles. The smallest absolute Gasteiger partial charge is 0.239 e. The number of halogens is 1. The molecule has 0 saturated carbocycles. The first-order valence-electron chi connectivity index (χ1n) is 13.1. The van der Waals surface area contributed by atoms with Crippen LogP contribution in [0.25, 0.3) is 0 Å². The van der Waals surface area contributed by atoms with Gasteiger partial charge in [-0.15, -0.1) is 0 Å². The van der Waals surface area contributed by atoms with E-state index >= 15 is 0 Å². The van der Waals surface area contributed by atoms with E-state index in [1.807, 2.05) is 37.4 Å². The summed E-state index contributed by atoms with van der Waals surface area (Å²) in [6.07, 6.45) is 1.87. The van der Waals surface area contributed by atoms with Crippen molar-refractivity contribution in [2.45, 2.75) is 18.3 Å². The predicted molar refractivity (Wildman–Crippen MR) is 152 cm³/mol. The lowest BCUT2D eigenvalue weighted by atomic mass is 9.52. The van der Waals surface area contributed by atoms with Gasteiger partial charge in [-0.05, 0) is 71.6 Å². The topological polar surface area (TPSA) is 59.0 Å².